The Kier molecular flexibility index (Phi) is 4.93. The summed E-state index contributed by atoms with van der Waals surface area (Å²) < 4.78 is 7.80. The predicted molar refractivity (Wildman–Crippen MR) is 79.1 cm³/mol. The van der Waals surface area contributed by atoms with E-state index in [2.05, 4.69) is 28.0 Å². The number of hydrogen-bond acceptors (Lipinski definition) is 3. The fourth-order valence-corrected chi connectivity index (χ4v) is 2.79. The second-order valence-corrected chi connectivity index (χ2v) is 5.46. The number of nitrogens with zero attached hydrogens (tertiary/aromatic N) is 2. The number of fused-ring (bicyclic) bond motifs is 1. The summed E-state index contributed by atoms with van der Waals surface area (Å²) in [5, 5.41) is 4.36. The number of rotatable bonds is 5. The van der Waals surface area contributed by atoms with Gasteiger partial charge in [0, 0.05) is 19.2 Å². The zero-order chi connectivity index (χ0) is 13.8. The summed E-state index contributed by atoms with van der Waals surface area (Å²) in [5.41, 5.74) is 1.56. The van der Waals surface area contributed by atoms with Gasteiger partial charge in [-0.25, -0.2) is 0 Å². The molecule has 0 radical (unpaired) electrons. The molecule has 0 saturated carbocycles. The summed E-state index contributed by atoms with van der Waals surface area (Å²) in [6, 6.07) is 0. The van der Waals surface area contributed by atoms with Crippen LogP contribution in [0, 0.1) is 0 Å². The molecule has 104 valence electrons. The Hall–Kier alpha value is -0.940. The van der Waals surface area contributed by atoms with Crippen molar-refractivity contribution in [1.29, 1.82) is 0 Å². The Morgan fingerprint density at radius 2 is 2.32 bits per heavy atom. The SMILES string of the molecule is CCCCCn1nc(Br)c(=O)c2c1C(OC)CC=C2. The van der Waals surface area contributed by atoms with Crippen LogP contribution in [0.2, 0.25) is 0 Å². The summed E-state index contributed by atoms with van der Waals surface area (Å²) in [6.07, 6.45) is 7.97. The van der Waals surface area contributed by atoms with Gasteiger partial charge in [-0.15, -0.1) is 0 Å². The molecule has 0 saturated heterocycles. The Labute approximate surface area is 121 Å². The molecule has 1 aromatic rings. The van der Waals surface area contributed by atoms with Crippen molar-refractivity contribution in [3.63, 3.8) is 0 Å². The molecular weight excluding hydrogens is 308 g/mol. The minimum absolute atomic E-state index is 0.0558. The van der Waals surface area contributed by atoms with E-state index in [0.29, 0.717) is 10.2 Å². The largest absolute Gasteiger partial charge is 0.375 e. The number of aryl methyl sites for hydroxylation is 1. The Balaban J connectivity index is 2.45. The number of ether oxygens (including phenoxy) is 1. The van der Waals surface area contributed by atoms with Gasteiger partial charge < -0.3 is 4.74 Å². The van der Waals surface area contributed by atoms with Crippen LogP contribution in [0.25, 0.3) is 6.08 Å². The smallest absolute Gasteiger partial charge is 0.222 e. The lowest BCUT2D eigenvalue weighted by molar-refractivity contribution is 0.0949. The molecular formula is C14H19BrN2O2. The summed E-state index contributed by atoms with van der Waals surface area (Å²) in [6.45, 7) is 2.99. The molecule has 0 spiro atoms. The van der Waals surface area contributed by atoms with E-state index in [1.807, 2.05) is 16.8 Å². The van der Waals surface area contributed by atoms with Crippen LogP contribution in [0.5, 0.6) is 0 Å². The lowest BCUT2D eigenvalue weighted by Gasteiger charge is -2.24. The van der Waals surface area contributed by atoms with E-state index in [9.17, 15) is 4.79 Å². The maximum atomic E-state index is 12.1. The molecule has 0 N–H and O–H groups in total. The first-order chi connectivity index (χ1) is 9.19. The fourth-order valence-electron chi connectivity index (χ4n) is 2.38. The lowest BCUT2D eigenvalue weighted by atomic mass is 10.00. The molecule has 19 heavy (non-hydrogen) atoms. The highest BCUT2D eigenvalue weighted by Crippen LogP contribution is 2.28. The van der Waals surface area contributed by atoms with Crippen LogP contribution < -0.4 is 5.43 Å². The highest BCUT2D eigenvalue weighted by Gasteiger charge is 2.24. The van der Waals surface area contributed by atoms with Gasteiger partial charge in [0.05, 0.1) is 5.69 Å². The van der Waals surface area contributed by atoms with E-state index in [1.165, 1.54) is 0 Å². The normalized spacial score (nSPS) is 17.5. The molecule has 4 nitrogen and oxygen atoms in total. The van der Waals surface area contributed by atoms with Gasteiger partial charge in [-0.05, 0) is 28.8 Å². The zero-order valence-electron chi connectivity index (χ0n) is 11.4. The van der Waals surface area contributed by atoms with Crippen molar-refractivity contribution >= 4 is 22.0 Å². The van der Waals surface area contributed by atoms with E-state index < -0.39 is 0 Å². The monoisotopic (exact) mass is 326 g/mol. The van der Waals surface area contributed by atoms with Gasteiger partial charge in [-0.1, -0.05) is 31.9 Å². The Morgan fingerprint density at radius 3 is 3.00 bits per heavy atom. The standard InChI is InChI=1S/C14H19BrN2O2/c1-3-4-5-9-17-12-10(13(18)14(15)16-17)7-6-8-11(12)19-2/h6-7,11H,3-5,8-9H2,1-2H3. The average Bonchev–Trinajstić information content (AvgIpc) is 2.43. The fraction of sp³-hybridized carbons (Fsp3) is 0.571. The molecule has 1 unspecified atom stereocenters. The number of unbranched alkanes of at least 4 members (excludes halogenated alkanes) is 2. The summed E-state index contributed by atoms with van der Waals surface area (Å²) >= 11 is 3.26. The van der Waals surface area contributed by atoms with Crippen LogP contribution in [-0.4, -0.2) is 16.9 Å². The van der Waals surface area contributed by atoms with Crippen LogP contribution in [0.3, 0.4) is 0 Å². The molecule has 1 aliphatic carbocycles. The highest BCUT2D eigenvalue weighted by molar-refractivity contribution is 9.10. The predicted octanol–water partition coefficient (Wildman–Crippen LogP) is 3.30. The topological polar surface area (TPSA) is 44.1 Å². The molecule has 1 atom stereocenters. The third-order valence-corrected chi connectivity index (χ3v) is 3.91. The summed E-state index contributed by atoms with van der Waals surface area (Å²) in [4.78, 5) is 12.1. The number of aromatic nitrogens is 2. The molecule has 5 heteroatoms. The van der Waals surface area contributed by atoms with Gasteiger partial charge in [0.2, 0.25) is 5.43 Å². The molecule has 1 aliphatic rings. The van der Waals surface area contributed by atoms with E-state index >= 15 is 0 Å². The van der Waals surface area contributed by atoms with Crippen molar-refractivity contribution in [1.82, 2.24) is 9.78 Å². The quantitative estimate of drug-likeness (QED) is 0.780. The van der Waals surface area contributed by atoms with Crippen molar-refractivity contribution in [2.45, 2.75) is 45.3 Å². The molecule has 1 heterocycles. The van der Waals surface area contributed by atoms with Crippen molar-refractivity contribution in [3.05, 3.63) is 32.2 Å². The molecule has 2 rings (SSSR count). The van der Waals surface area contributed by atoms with Gasteiger partial charge in [0.25, 0.3) is 0 Å². The van der Waals surface area contributed by atoms with Gasteiger partial charge >= 0.3 is 0 Å². The van der Waals surface area contributed by atoms with Crippen molar-refractivity contribution in [2.75, 3.05) is 7.11 Å². The van der Waals surface area contributed by atoms with E-state index in [0.717, 1.165) is 37.9 Å². The first-order valence-electron chi connectivity index (χ1n) is 6.68. The minimum Gasteiger partial charge on any atom is -0.375 e. The maximum Gasteiger partial charge on any atom is 0.222 e. The van der Waals surface area contributed by atoms with Crippen molar-refractivity contribution < 1.29 is 4.74 Å². The van der Waals surface area contributed by atoms with Crippen LogP contribution >= 0.6 is 15.9 Å². The second-order valence-electron chi connectivity index (χ2n) is 4.71. The highest BCUT2D eigenvalue weighted by atomic mass is 79.9. The molecule has 0 amide bonds. The van der Waals surface area contributed by atoms with E-state index in [1.54, 1.807) is 7.11 Å². The lowest BCUT2D eigenvalue weighted by Crippen LogP contribution is -2.26. The maximum absolute atomic E-state index is 12.1. The van der Waals surface area contributed by atoms with Crippen molar-refractivity contribution in [2.24, 2.45) is 0 Å². The first kappa shape index (κ1) is 14.5. The molecule has 0 aliphatic heterocycles. The Bertz CT molecular complexity index is 537. The minimum atomic E-state index is -0.0741. The molecule has 0 fully saturated rings. The van der Waals surface area contributed by atoms with Crippen molar-refractivity contribution in [3.8, 4) is 0 Å². The van der Waals surface area contributed by atoms with Crippen LogP contribution in [-0.2, 0) is 11.3 Å². The Morgan fingerprint density at radius 1 is 1.53 bits per heavy atom. The third-order valence-electron chi connectivity index (χ3n) is 3.39. The number of halogens is 1. The second kappa shape index (κ2) is 6.48. The van der Waals surface area contributed by atoms with Crippen LogP contribution in [0.4, 0.5) is 0 Å². The molecule has 0 bridgehead atoms. The van der Waals surface area contributed by atoms with Gasteiger partial charge in [0.1, 0.15) is 6.10 Å². The molecule has 1 aromatic heterocycles. The van der Waals surface area contributed by atoms with E-state index in [4.69, 9.17) is 4.74 Å². The van der Waals surface area contributed by atoms with Gasteiger partial charge in [0.15, 0.2) is 4.60 Å². The summed E-state index contributed by atoms with van der Waals surface area (Å²) in [5.74, 6) is 0. The van der Waals surface area contributed by atoms with E-state index in [-0.39, 0.29) is 11.5 Å². The van der Waals surface area contributed by atoms with Crippen LogP contribution in [0.15, 0.2) is 15.5 Å². The molecule has 0 aromatic carbocycles. The number of hydrogen-bond donors (Lipinski definition) is 0. The number of methoxy groups -OCH3 is 1. The van der Waals surface area contributed by atoms with Crippen LogP contribution in [0.1, 0.15) is 50.0 Å². The van der Waals surface area contributed by atoms with Gasteiger partial charge in [-0.3, -0.25) is 9.48 Å². The summed E-state index contributed by atoms with van der Waals surface area (Å²) in [7, 11) is 1.68. The average molecular weight is 327 g/mol. The first-order valence-corrected chi connectivity index (χ1v) is 7.48. The zero-order valence-corrected chi connectivity index (χ0v) is 12.9. The van der Waals surface area contributed by atoms with Gasteiger partial charge in [-0.2, -0.15) is 5.10 Å². The third kappa shape index (κ3) is 2.98.